The van der Waals surface area contributed by atoms with Gasteiger partial charge in [-0.2, -0.15) is 13.2 Å². The number of hydrogen-bond donors (Lipinski definition) is 1. The van der Waals surface area contributed by atoms with Gasteiger partial charge in [0.15, 0.2) is 6.10 Å². The number of carboxylic acids is 1. The van der Waals surface area contributed by atoms with Crippen LogP contribution in [-0.2, 0) is 14.3 Å². The quantitative estimate of drug-likeness (QED) is 0.836. The molecular formula is C12H16F3NO4. The second kappa shape index (κ2) is 5.59. The highest BCUT2D eigenvalue weighted by atomic mass is 19.4. The molecule has 1 N–H and O–H groups in total. The normalized spacial score (nSPS) is 28.6. The molecule has 5 nitrogen and oxygen atoms in total. The highest BCUT2D eigenvalue weighted by molar-refractivity contribution is 5.81. The second-order valence-corrected chi connectivity index (χ2v) is 5.21. The van der Waals surface area contributed by atoms with Crippen LogP contribution in [0.15, 0.2) is 0 Å². The third-order valence-corrected chi connectivity index (χ3v) is 3.92. The Labute approximate surface area is 113 Å². The number of alkyl halides is 3. The van der Waals surface area contributed by atoms with E-state index in [1.54, 1.807) is 0 Å². The first kappa shape index (κ1) is 15.1. The molecular weight excluding hydrogens is 279 g/mol. The van der Waals surface area contributed by atoms with Gasteiger partial charge in [-0.1, -0.05) is 0 Å². The van der Waals surface area contributed by atoms with Crippen LogP contribution in [-0.4, -0.2) is 53.4 Å². The molecule has 114 valence electrons. The van der Waals surface area contributed by atoms with Crippen LogP contribution in [0.2, 0.25) is 0 Å². The van der Waals surface area contributed by atoms with Crippen LogP contribution in [0.4, 0.5) is 13.2 Å². The fraction of sp³-hybridized carbons (Fsp3) is 0.833. The average molecular weight is 295 g/mol. The van der Waals surface area contributed by atoms with Gasteiger partial charge < -0.3 is 14.7 Å². The van der Waals surface area contributed by atoms with Crippen molar-refractivity contribution < 1.29 is 32.6 Å². The summed E-state index contributed by atoms with van der Waals surface area (Å²) < 4.78 is 42.3. The minimum atomic E-state index is -4.83. The topological polar surface area (TPSA) is 66.8 Å². The van der Waals surface area contributed by atoms with Crippen LogP contribution in [0.1, 0.15) is 25.7 Å². The predicted molar refractivity (Wildman–Crippen MR) is 60.9 cm³/mol. The lowest BCUT2D eigenvalue weighted by Crippen LogP contribution is -2.46. The van der Waals surface area contributed by atoms with E-state index in [9.17, 15) is 22.8 Å². The molecule has 0 aliphatic carbocycles. The van der Waals surface area contributed by atoms with Crippen LogP contribution in [0, 0.1) is 5.92 Å². The lowest BCUT2D eigenvalue weighted by Gasteiger charge is -2.34. The van der Waals surface area contributed by atoms with Gasteiger partial charge in [0.25, 0.3) is 0 Å². The summed E-state index contributed by atoms with van der Waals surface area (Å²) in [5.41, 5.74) is 0. The lowest BCUT2D eigenvalue weighted by atomic mass is 9.89. The molecule has 1 amide bonds. The van der Waals surface area contributed by atoms with Gasteiger partial charge in [-0.15, -0.1) is 0 Å². The summed E-state index contributed by atoms with van der Waals surface area (Å²) in [5.74, 6) is -2.78. The van der Waals surface area contributed by atoms with Crippen LogP contribution in [0.5, 0.6) is 0 Å². The Balaban J connectivity index is 1.83. The largest absolute Gasteiger partial charge is 0.479 e. The smallest absolute Gasteiger partial charge is 0.471 e. The summed E-state index contributed by atoms with van der Waals surface area (Å²) in [6.45, 7) is 0.0845. The van der Waals surface area contributed by atoms with E-state index in [1.165, 1.54) is 0 Å². The van der Waals surface area contributed by atoms with Gasteiger partial charge in [-0.3, -0.25) is 4.79 Å². The zero-order valence-corrected chi connectivity index (χ0v) is 10.7. The Morgan fingerprint density at radius 2 is 1.70 bits per heavy atom. The van der Waals surface area contributed by atoms with Gasteiger partial charge in [0.05, 0.1) is 6.10 Å². The van der Waals surface area contributed by atoms with Gasteiger partial charge in [-0.05, 0) is 31.6 Å². The number of ether oxygens (including phenoxy) is 1. The van der Waals surface area contributed by atoms with E-state index in [0.29, 0.717) is 25.7 Å². The van der Waals surface area contributed by atoms with E-state index in [-0.39, 0.29) is 25.1 Å². The molecule has 2 aliphatic rings. The number of piperidine rings is 1. The molecule has 0 aromatic rings. The van der Waals surface area contributed by atoms with Crippen molar-refractivity contribution in [2.75, 3.05) is 13.1 Å². The Bertz CT molecular complexity index is 391. The molecule has 2 heterocycles. The molecule has 8 heteroatoms. The highest BCUT2D eigenvalue weighted by Gasteiger charge is 2.44. The first-order valence-corrected chi connectivity index (χ1v) is 6.53. The SMILES string of the molecule is O=C(O)C1CCC(C2CCN(C(=O)C(F)(F)F)CC2)O1. The number of nitrogens with zero attached hydrogens (tertiary/aromatic N) is 1. The highest BCUT2D eigenvalue weighted by Crippen LogP contribution is 2.32. The van der Waals surface area contributed by atoms with E-state index in [0.717, 1.165) is 4.90 Å². The summed E-state index contributed by atoms with van der Waals surface area (Å²) in [6, 6.07) is 0. The number of likely N-dealkylation sites (tertiary alicyclic amines) is 1. The lowest BCUT2D eigenvalue weighted by molar-refractivity contribution is -0.187. The Morgan fingerprint density at radius 1 is 1.10 bits per heavy atom. The van der Waals surface area contributed by atoms with Crippen molar-refractivity contribution in [1.82, 2.24) is 4.90 Å². The van der Waals surface area contributed by atoms with Crippen molar-refractivity contribution in [2.45, 2.75) is 44.1 Å². The van der Waals surface area contributed by atoms with Gasteiger partial charge in [0, 0.05) is 13.1 Å². The zero-order valence-electron chi connectivity index (χ0n) is 10.7. The van der Waals surface area contributed by atoms with E-state index in [1.807, 2.05) is 0 Å². The fourth-order valence-corrected chi connectivity index (χ4v) is 2.84. The minimum Gasteiger partial charge on any atom is -0.479 e. The number of halogens is 3. The molecule has 0 saturated carbocycles. The summed E-state index contributed by atoms with van der Waals surface area (Å²) >= 11 is 0. The Hall–Kier alpha value is -1.31. The van der Waals surface area contributed by atoms with Crippen LogP contribution in [0.3, 0.4) is 0 Å². The molecule has 2 aliphatic heterocycles. The fourth-order valence-electron chi connectivity index (χ4n) is 2.84. The number of aliphatic carboxylic acids is 1. The van der Waals surface area contributed by atoms with Gasteiger partial charge in [0.1, 0.15) is 0 Å². The zero-order chi connectivity index (χ0) is 14.9. The molecule has 2 unspecified atom stereocenters. The summed E-state index contributed by atoms with van der Waals surface area (Å²) in [6.07, 6.45) is -3.99. The molecule has 0 bridgehead atoms. The van der Waals surface area contributed by atoms with Crippen LogP contribution >= 0.6 is 0 Å². The molecule has 0 aromatic carbocycles. The minimum absolute atomic E-state index is 0.0247. The number of hydrogen-bond acceptors (Lipinski definition) is 3. The predicted octanol–water partition coefficient (Wildman–Crippen LogP) is 1.42. The third kappa shape index (κ3) is 3.23. The summed E-state index contributed by atoms with van der Waals surface area (Å²) in [4.78, 5) is 22.7. The molecule has 20 heavy (non-hydrogen) atoms. The molecule has 2 saturated heterocycles. The van der Waals surface area contributed by atoms with E-state index < -0.39 is 24.2 Å². The number of carboxylic acid groups (broad SMARTS) is 1. The molecule has 0 spiro atoms. The molecule has 2 rings (SSSR count). The van der Waals surface area contributed by atoms with Crippen LogP contribution < -0.4 is 0 Å². The maximum atomic E-state index is 12.3. The van der Waals surface area contributed by atoms with Gasteiger partial charge in [0.2, 0.25) is 0 Å². The first-order valence-electron chi connectivity index (χ1n) is 6.53. The maximum absolute atomic E-state index is 12.3. The molecule has 2 fully saturated rings. The monoisotopic (exact) mass is 295 g/mol. The van der Waals surface area contributed by atoms with Gasteiger partial charge >= 0.3 is 18.1 Å². The second-order valence-electron chi connectivity index (χ2n) is 5.21. The van der Waals surface area contributed by atoms with Crippen molar-refractivity contribution in [2.24, 2.45) is 5.92 Å². The molecule has 2 atom stereocenters. The average Bonchev–Trinajstić information content (AvgIpc) is 2.86. The molecule has 0 aromatic heterocycles. The number of carbonyl (C=O) groups is 2. The summed E-state index contributed by atoms with van der Waals surface area (Å²) in [5, 5.41) is 8.83. The first-order chi connectivity index (χ1) is 9.29. The Morgan fingerprint density at radius 3 is 2.15 bits per heavy atom. The van der Waals surface area contributed by atoms with E-state index >= 15 is 0 Å². The number of amides is 1. The van der Waals surface area contributed by atoms with Crippen molar-refractivity contribution in [1.29, 1.82) is 0 Å². The standard InChI is InChI=1S/C12H16F3NO4/c13-12(14,15)11(19)16-5-3-7(4-6-16)8-1-2-9(20-8)10(17)18/h7-9H,1-6H2,(H,17,18). The van der Waals surface area contributed by atoms with Crippen molar-refractivity contribution in [3.05, 3.63) is 0 Å². The van der Waals surface area contributed by atoms with Crippen molar-refractivity contribution in [3.63, 3.8) is 0 Å². The van der Waals surface area contributed by atoms with Crippen molar-refractivity contribution in [3.8, 4) is 0 Å². The van der Waals surface area contributed by atoms with Crippen molar-refractivity contribution >= 4 is 11.9 Å². The third-order valence-electron chi connectivity index (χ3n) is 3.92. The van der Waals surface area contributed by atoms with E-state index in [4.69, 9.17) is 9.84 Å². The number of rotatable bonds is 2. The maximum Gasteiger partial charge on any atom is 0.471 e. The number of carbonyl (C=O) groups excluding carboxylic acids is 1. The Kier molecular flexibility index (Phi) is 4.22. The van der Waals surface area contributed by atoms with E-state index in [2.05, 4.69) is 0 Å². The van der Waals surface area contributed by atoms with Gasteiger partial charge in [-0.25, -0.2) is 4.79 Å². The van der Waals surface area contributed by atoms with Crippen LogP contribution in [0.25, 0.3) is 0 Å². The molecule has 0 radical (unpaired) electrons. The summed E-state index contributed by atoms with van der Waals surface area (Å²) in [7, 11) is 0.